The third-order valence-corrected chi connectivity index (χ3v) is 11.3. The Kier molecular flexibility index (Phi) is 11.7. The number of nitrogens with zero attached hydrogens (tertiary/aromatic N) is 4. The third kappa shape index (κ3) is 7.95. The second-order valence-electron chi connectivity index (χ2n) is 15.2. The van der Waals surface area contributed by atoms with Gasteiger partial charge in [-0.1, -0.05) is 13.8 Å². The average Bonchev–Trinajstić information content (AvgIpc) is 4.06. The van der Waals surface area contributed by atoms with E-state index in [9.17, 15) is 19.2 Å². The van der Waals surface area contributed by atoms with Crippen LogP contribution in [0, 0.1) is 11.7 Å². The Hall–Kier alpha value is -5.97. The van der Waals surface area contributed by atoms with Crippen molar-refractivity contribution in [3.05, 3.63) is 71.2 Å². The van der Waals surface area contributed by atoms with Crippen molar-refractivity contribution in [1.29, 1.82) is 0 Å². The number of alkyl carbamates (subject to hydrolysis) is 2. The number of benzene rings is 2. The number of carbonyl (C=O) groups excluding carboxylic acids is 4. The number of rotatable bonds is 11. The summed E-state index contributed by atoms with van der Waals surface area (Å²) in [5, 5.41) is 5.26. The maximum absolute atomic E-state index is 15.9. The number of H-pyrrole nitrogens is 2. The zero-order chi connectivity index (χ0) is 41.2. The third-order valence-electron chi connectivity index (χ3n) is 11.3. The van der Waals surface area contributed by atoms with Crippen molar-refractivity contribution >= 4 is 24.0 Å². The van der Waals surface area contributed by atoms with Gasteiger partial charge in [0.2, 0.25) is 11.8 Å². The Morgan fingerprint density at radius 3 is 2.17 bits per heavy atom. The Morgan fingerprint density at radius 1 is 0.828 bits per heavy atom. The van der Waals surface area contributed by atoms with Crippen molar-refractivity contribution in [2.75, 3.05) is 34.4 Å². The lowest BCUT2D eigenvalue weighted by molar-refractivity contribution is -0.137. The van der Waals surface area contributed by atoms with Gasteiger partial charge in [0.1, 0.15) is 41.0 Å². The number of hydrogen-bond donors (Lipinski definition) is 4. The highest BCUT2D eigenvalue weighted by Crippen LogP contribution is 2.42. The second kappa shape index (κ2) is 16.9. The highest BCUT2D eigenvalue weighted by Gasteiger charge is 2.39. The van der Waals surface area contributed by atoms with E-state index in [1.54, 1.807) is 35.2 Å². The van der Waals surface area contributed by atoms with Crippen LogP contribution in [0.5, 0.6) is 11.5 Å². The molecule has 5 atom stereocenters. The average molecular weight is 801 g/mol. The molecule has 5 heterocycles. The van der Waals surface area contributed by atoms with Gasteiger partial charge in [-0.25, -0.2) is 23.9 Å². The van der Waals surface area contributed by atoms with Gasteiger partial charge in [0, 0.05) is 48.9 Å². The molecule has 0 aliphatic carbocycles. The van der Waals surface area contributed by atoms with E-state index in [1.165, 1.54) is 27.4 Å². The highest BCUT2D eigenvalue weighted by molar-refractivity contribution is 5.87. The maximum atomic E-state index is 15.9. The number of aromatic amines is 2. The van der Waals surface area contributed by atoms with Crippen molar-refractivity contribution in [3.63, 3.8) is 0 Å². The van der Waals surface area contributed by atoms with Crippen LogP contribution < -0.4 is 15.4 Å². The minimum atomic E-state index is -0.927. The molecule has 17 heteroatoms. The van der Waals surface area contributed by atoms with Crippen LogP contribution in [0.1, 0.15) is 81.2 Å². The van der Waals surface area contributed by atoms with Gasteiger partial charge in [-0.3, -0.25) is 9.59 Å². The molecule has 3 aliphatic heterocycles. The van der Waals surface area contributed by atoms with Crippen LogP contribution in [0.3, 0.4) is 0 Å². The number of halogens is 1. The fourth-order valence-corrected chi connectivity index (χ4v) is 8.04. The molecule has 58 heavy (non-hydrogen) atoms. The second-order valence-corrected chi connectivity index (χ2v) is 15.2. The standard InChI is InChI=1S/C41H49FN8O8/c1-21(2)34(47-40(53)56-5)38(51)50-14-8-10-31(50)37-44-19-28(45-37)26-18-33-25(17-27(26)42)16-24-15-23(11-12-32(24)58-33)36-43-20-29(46-36)30-9-7-13-49(30)39(52)35(22(3)55-4)48-41(54)57-6/h11-12,15,17-22,30-31,34-35H,7-10,13-14,16H2,1-6H3,(H,43,46)(H,44,45)(H,47,53)(H,48,54). The molecule has 308 valence electrons. The lowest BCUT2D eigenvalue weighted by Crippen LogP contribution is -2.54. The summed E-state index contributed by atoms with van der Waals surface area (Å²) in [4.78, 5) is 70.6. The quantitative estimate of drug-likeness (QED) is 0.128. The fourth-order valence-electron chi connectivity index (χ4n) is 8.04. The molecular weight excluding hydrogens is 751 g/mol. The van der Waals surface area contributed by atoms with Crippen LogP contribution in [0.2, 0.25) is 0 Å². The van der Waals surface area contributed by atoms with Gasteiger partial charge in [0.05, 0.1) is 56.2 Å². The lowest BCUT2D eigenvalue weighted by atomic mass is 9.96. The molecule has 0 spiro atoms. The molecule has 16 nitrogen and oxygen atoms in total. The minimum absolute atomic E-state index is 0.171. The number of ether oxygens (including phenoxy) is 4. The predicted octanol–water partition coefficient (Wildman–Crippen LogP) is 5.77. The molecule has 2 fully saturated rings. The number of imidazole rings is 2. The van der Waals surface area contributed by atoms with Crippen molar-refractivity contribution in [2.45, 2.75) is 83.1 Å². The molecule has 0 saturated carbocycles. The molecule has 5 unspecified atom stereocenters. The van der Waals surface area contributed by atoms with Gasteiger partial charge >= 0.3 is 12.2 Å². The molecular formula is C41H49FN8O8. The number of nitrogens with one attached hydrogen (secondary N) is 4. The van der Waals surface area contributed by atoms with E-state index < -0.39 is 36.2 Å². The number of amides is 4. The first-order valence-electron chi connectivity index (χ1n) is 19.5. The molecule has 4 amide bonds. The first-order chi connectivity index (χ1) is 27.9. The molecule has 0 bridgehead atoms. The summed E-state index contributed by atoms with van der Waals surface area (Å²) in [6, 6.07) is 6.52. The summed E-state index contributed by atoms with van der Waals surface area (Å²) in [5.74, 6) is 1.17. The van der Waals surface area contributed by atoms with E-state index in [2.05, 4.69) is 30.6 Å². The predicted molar refractivity (Wildman–Crippen MR) is 208 cm³/mol. The first kappa shape index (κ1) is 40.2. The highest BCUT2D eigenvalue weighted by atomic mass is 19.1. The van der Waals surface area contributed by atoms with Crippen LogP contribution >= 0.6 is 0 Å². The zero-order valence-corrected chi connectivity index (χ0v) is 33.4. The number of likely N-dealkylation sites (tertiary alicyclic amines) is 2. The normalized spacial score (nSPS) is 18.8. The number of aromatic nitrogens is 4. The summed E-state index contributed by atoms with van der Waals surface area (Å²) in [5.41, 5.74) is 3.83. The van der Waals surface area contributed by atoms with Crippen LogP contribution in [0.25, 0.3) is 22.6 Å². The van der Waals surface area contributed by atoms with E-state index in [0.717, 1.165) is 36.1 Å². The molecule has 3 aliphatic rings. The topological polar surface area (TPSA) is 193 Å². The Labute approximate surface area is 335 Å². The largest absolute Gasteiger partial charge is 0.457 e. The maximum Gasteiger partial charge on any atom is 0.407 e. The molecule has 4 N–H and O–H groups in total. The lowest BCUT2D eigenvalue weighted by Gasteiger charge is -2.30. The molecule has 2 aromatic heterocycles. The van der Waals surface area contributed by atoms with Crippen LogP contribution in [-0.4, -0.2) is 106 Å². The number of methoxy groups -OCH3 is 3. The summed E-state index contributed by atoms with van der Waals surface area (Å²) < 4.78 is 37.1. The van der Waals surface area contributed by atoms with E-state index in [1.807, 2.05) is 32.0 Å². The zero-order valence-electron chi connectivity index (χ0n) is 33.4. The van der Waals surface area contributed by atoms with Crippen molar-refractivity contribution < 1.29 is 42.5 Å². The van der Waals surface area contributed by atoms with Crippen molar-refractivity contribution in [2.24, 2.45) is 5.92 Å². The number of carbonyl (C=O) groups is 4. The minimum Gasteiger partial charge on any atom is -0.457 e. The molecule has 0 radical (unpaired) electrons. The van der Waals surface area contributed by atoms with Gasteiger partial charge in [-0.05, 0) is 68.9 Å². The summed E-state index contributed by atoms with van der Waals surface area (Å²) >= 11 is 0. The fraction of sp³-hybridized carbons (Fsp3) is 0.463. The van der Waals surface area contributed by atoms with E-state index >= 15 is 4.39 Å². The first-order valence-corrected chi connectivity index (χ1v) is 19.5. The summed E-state index contributed by atoms with van der Waals surface area (Å²) in [6.45, 7) is 6.44. The van der Waals surface area contributed by atoms with Crippen LogP contribution in [0.15, 0.2) is 42.7 Å². The van der Waals surface area contributed by atoms with E-state index in [-0.39, 0.29) is 35.4 Å². The van der Waals surface area contributed by atoms with Gasteiger partial charge in [0.25, 0.3) is 0 Å². The molecule has 2 aromatic carbocycles. The van der Waals surface area contributed by atoms with Crippen molar-refractivity contribution in [3.8, 4) is 34.1 Å². The van der Waals surface area contributed by atoms with E-state index in [0.29, 0.717) is 60.3 Å². The molecule has 2 saturated heterocycles. The Morgan fingerprint density at radius 2 is 1.48 bits per heavy atom. The summed E-state index contributed by atoms with van der Waals surface area (Å²) in [6.07, 6.45) is 4.66. The van der Waals surface area contributed by atoms with Crippen LogP contribution in [0.4, 0.5) is 14.0 Å². The Balaban J connectivity index is 1.05. The number of fused-ring (bicyclic) bond motifs is 2. The van der Waals surface area contributed by atoms with Crippen LogP contribution in [-0.2, 0) is 30.2 Å². The SMILES string of the molecule is COC(=O)NC(C(=O)N1CCCC1c1ncc(-c2cc3c(cc2F)Cc2cc(-c4ncc(C5CCCN5C(=O)C(NC(=O)OC)C(C)OC)[nH]4)ccc2O3)[nH]1)C(C)C. The number of hydrogen-bond acceptors (Lipinski definition) is 10. The van der Waals surface area contributed by atoms with Crippen molar-refractivity contribution in [1.82, 2.24) is 40.4 Å². The monoisotopic (exact) mass is 800 g/mol. The summed E-state index contributed by atoms with van der Waals surface area (Å²) in [7, 11) is 3.98. The van der Waals surface area contributed by atoms with E-state index in [4.69, 9.17) is 18.9 Å². The smallest absolute Gasteiger partial charge is 0.407 e. The molecule has 4 aromatic rings. The van der Waals surface area contributed by atoms with Gasteiger partial charge in [-0.2, -0.15) is 0 Å². The molecule has 7 rings (SSSR count). The van der Waals surface area contributed by atoms with Gasteiger partial charge in [0.15, 0.2) is 0 Å². The Bertz CT molecular complexity index is 2190. The van der Waals surface area contributed by atoms with Gasteiger partial charge < -0.3 is 49.3 Å². The van der Waals surface area contributed by atoms with Gasteiger partial charge in [-0.15, -0.1) is 0 Å².